The van der Waals surface area contributed by atoms with E-state index >= 15 is 0 Å². The summed E-state index contributed by atoms with van der Waals surface area (Å²) in [5.41, 5.74) is 0. The lowest BCUT2D eigenvalue weighted by Crippen LogP contribution is -2.64. The number of amides is 3. The molecule has 3 amide bonds. The third-order valence-corrected chi connectivity index (χ3v) is 5.74. The molecule has 3 heterocycles. The zero-order valence-electron chi connectivity index (χ0n) is 16.7. The van der Waals surface area contributed by atoms with Crippen LogP contribution in [0.3, 0.4) is 0 Å². The zero-order valence-corrected chi connectivity index (χ0v) is 16.7. The molecule has 0 bridgehead atoms. The van der Waals surface area contributed by atoms with Crippen LogP contribution in [0, 0.1) is 0 Å². The van der Waals surface area contributed by atoms with Gasteiger partial charge >= 0.3 is 6.03 Å². The topological polar surface area (TPSA) is 80.3 Å². The van der Waals surface area contributed by atoms with E-state index in [4.69, 9.17) is 4.99 Å². The number of fused-ring (bicyclic) bond motifs is 1. The monoisotopic (exact) mass is 378 g/mol. The van der Waals surface area contributed by atoms with Crippen LogP contribution < -0.4 is 10.6 Å². The molecule has 3 aliphatic rings. The summed E-state index contributed by atoms with van der Waals surface area (Å²) < 4.78 is 0. The van der Waals surface area contributed by atoms with Crippen molar-refractivity contribution in [3.63, 3.8) is 0 Å². The maximum Gasteiger partial charge on any atom is 0.325 e. The van der Waals surface area contributed by atoms with Crippen LogP contribution in [-0.4, -0.2) is 84.6 Å². The van der Waals surface area contributed by atoms with Gasteiger partial charge in [-0.3, -0.25) is 10.1 Å². The Labute approximate surface area is 162 Å². The molecule has 0 radical (unpaired) electrons. The van der Waals surface area contributed by atoms with E-state index in [0.29, 0.717) is 0 Å². The molecule has 2 unspecified atom stereocenters. The first kappa shape index (κ1) is 19.9. The van der Waals surface area contributed by atoms with E-state index < -0.39 is 12.2 Å². The first-order chi connectivity index (χ1) is 13.1. The largest absolute Gasteiger partial charge is 0.340 e. The van der Waals surface area contributed by atoms with Crippen LogP contribution in [0.5, 0.6) is 0 Å². The van der Waals surface area contributed by atoms with Gasteiger partial charge in [0.2, 0.25) is 0 Å². The van der Waals surface area contributed by atoms with Crippen molar-refractivity contribution in [1.82, 2.24) is 25.3 Å². The van der Waals surface area contributed by atoms with Crippen LogP contribution in [0.2, 0.25) is 0 Å². The minimum Gasteiger partial charge on any atom is -0.340 e. The Hall–Kier alpha value is -1.83. The molecule has 8 heteroatoms. The van der Waals surface area contributed by atoms with Gasteiger partial charge < -0.3 is 20.0 Å². The fourth-order valence-corrected chi connectivity index (χ4v) is 4.12. The number of hydrogen-bond acceptors (Lipinski definition) is 6. The number of likely N-dealkylation sites (N-methyl/N-ethyl adjacent to an activating group) is 1. The van der Waals surface area contributed by atoms with Crippen LogP contribution in [-0.2, 0) is 4.79 Å². The highest BCUT2D eigenvalue weighted by Gasteiger charge is 2.49. The molecule has 152 valence electrons. The van der Waals surface area contributed by atoms with Gasteiger partial charge in [-0.2, -0.15) is 0 Å². The molecule has 3 rings (SSSR count). The van der Waals surface area contributed by atoms with E-state index in [1.165, 1.54) is 38.5 Å². The molecule has 3 aliphatic heterocycles. The third-order valence-electron chi connectivity index (χ3n) is 5.74. The Bertz CT molecular complexity index is 560. The van der Waals surface area contributed by atoms with Crippen molar-refractivity contribution in [3.05, 3.63) is 0 Å². The molecule has 0 aliphatic carbocycles. The minimum atomic E-state index is -0.416. The van der Waals surface area contributed by atoms with Crippen LogP contribution >= 0.6 is 0 Å². The lowest BCUT2D eigenvalue weighted by Gasteiger charge is -2.38. The maximum absolute atomic E-state index is 12.6. The smallest absolute Gasteiger partial charge is 0.325 e. The number of imide groups is 1. The van der Waals surface area contributed by atoms with Crippen LogP contribution in [0.15, 0.2) is 4.99 Å². The summed E-state index contributed by atoms with van der Waals surface area (Å²) in [6.45, 7) is 6.64. The number of urea groups is 1. The summed E-state index contributed by atoms with van der Waals surface area (Å²) in [4.78, 5) is 35.3. The first-order valence-corrected chi connectivity index (χ1v) is 10.5. The molecule has 0 aromatic heterocycles. The van der Waals surface area contributed by atoms with E-state index in [9.17, 15) is 9.59 Å². The van der Waals surface area contributed by atoms with Gasteiger partial charge in [-0.25, -0.2) is 9.79 Å². The summed E-state index contributed by atoms with van der Waals surface area (Å²) in [6, 6.07) is -0.764. The lowest BCUT2D eigenvalue weighted by molar-refractivity contribution is -0.127. The lowest BCUT2D eigenvalue weighted by atomic mass is 10.1. The molecule has 0 spiro atoms. The number of aliphatic imine (C=N–C) groups is 1. The second-order valence-corrected chi connectivity index (χ2v) is 7.74. The number of nitrogens with one attached hydrogen (secondary N) is 2. The van der Waals surface area contributed by atoms with Crippen molar-refractivity contribution >= 4 is 17.9 Å². The van der Waals surface area contributed by atoms with Gasteiger partial charge in [0, 0.05) is 39.8 Å². The van der Waals surface area contributed by atoms with Gasteiger partial charge in [0.15, 0.2) is 18.2 Å². The van der Waals surface area contributed by atoms with Gasteiger partial charge in [-0.15, -0.1) is 0 Å². The third kappa shape index (κ3) is 4.54. The molecule has 2 atom stereocenters. The molecule has 0 saturated carbocycles. The van der Waals surface area contributed by atoms with E-state index in [0.717, 1.165) is 45.1 Å². The highest BCUT2D eigenvalue weighted by atomic mass is 16.2. The predicted octanol–water partition coefficient (Wildman–Crippen LogP) is 1.19. The van der Waals surface area contributed by atoms with Crippen LogP contribution in [0.4, 0.5) is 4.79 Å². The average molecular weight is 379 g/mol. The number of guanidine groups is 1. The fourth-order valence-electron chi connectivity index (χ4n) is 4.12. The molecule has 0 aromatic carbocycles. The maximum atomic E-state index is 12.6. The van der Waals surface area contributed by atoms with Gasteiger partial charge in [-0.05, 0) is 6.42 Å². The van der Waals surface area contributed by atoms with Crippen molar-refractivity contribution in [3.8, 4) is 0 Å². The summed E-state index contributed by atoms with van der Waals surface area (Å²) in [7, 11) is 1.72. The fraction of sp³-hybridized carbons (Fsp3) is 0.842. The standard InChI is InChI=1S/C19H34N6O2/c1-3-4-5-6-7-8-9-12-25-15-16(23(2)19(27)22-17(15)26)21-18(25)24-13-10-20-11-14-24/h15-16,20H,3-14H2,1-2H3,(H,22,26,27). The summed E-state index contributed by atoms with van der Waals surface area (Å²) >= 11 is 0. The van der Waals surface area contributed by atoms with Crippen molar-refractivity contribution in [1.29, 1.82) is 0 Å². The predicted molar refractivity (Wildman–Crippen MR) is 105 cm³/mol. The highest BCUT2D eigenvalue weighted by Crippen LogP contribution is 2.26. The number of hydrogen-bond donors (Lipinski definition) is 2. The number of rotatable bonds is 8. The van der Waals surface area contributed by atoms with E-state index in [-0.39, 0.29) is 11.9 Å². The highest BCUT2D eigenvalue weighted by molar-refractivity contribution is 6.03. The zero-order chi connectivity index (χ0) is 19.2. The quantitative estimate of drug-likeness (QED) is 0.620. The van der Waals surface area contributed by atoms with E-state index in [2.05, 4.69) is 27.4 Å². The summed E-state index contributed by atoms with van der Waals surface area (Å²) in [5, 5.41) is 5.84. The molecular formula is C19H34N6O2. The molecule has 0 aromatic rings. The van der Waals surface area contributed by atoms with Crippen molar-refractivity contribution < 1.29 is 9.59 Å². The second kappa shape index (κ2) is 9.39. The molecule has 2 saturated heterocycles. The van der Waals surface area contributed by atoms with Crippen molar-refractivity contribution in [2.24, 2.45) is 4.99 Å². The molecule has 2 fully saturated rings. The molecule has 27 heavy (non-hydrogen) atoms. The average Bonchev–Trinajstić information content (AvgIpc) is 3.06. The van der Waals surface area contributed by atoms with Crippen LogP contribution in [0.25, 0.3) is 0 Å². The number of carbonyl (C=O) groups excluding carboxylic acids is 2. The second-order valence-electron chi connectivity index (χ2n) is 7.74. The van der Waals surface area contributed by atoms with Crippen molar-refractivity contribution in [2.45, 2.75) is 64.1 Å². The van der Waals surface area contributed by atoms with Gasteiger partial charge in [0.25, 0.3) is 5.91 Å². The Morgan fingerprint density at radius 1 is 1.04 bits per heavy atom. The van der Waals surface area contributed by atoms with Crippen LogP contribution in [0.1, 0.15) is 51.9 Å². The molecular weight excluding hydrogens is 344 g/mol. The summed E-state index contributed by atoms with van der Waals surface area (Å²) in [6.07, 6.45) is 8.23. The number of nitrogens with zero attached hydrogens (tertiary/aromatic N) is 4. The normalized spacial score (nSPS) is 25.6. The molecule has 8 nitrogen and oxygen atoms in total. The summed E-state index contributed by atoms with van der Waals surface area (Å²) in [5.74, 6) is 0.661. The number of carbonyl (C=O) groups is 2. The number of unbranched alkanes of at least 4 members (excludes halogenated alkanes) is 6. The Balaban J connectivity index is 1.63. The SMILES string of the molecule is CCCCCCCCCN1C(N2CCNCC2)=NC2C1C(=O)NC(=O)N2C. The minimum absolute atomic E-state index is 0.222. The van der Waals surface area contributed by atoms with Gasteiger partial charge in [0.1, 0.15) is 0 Å². The Morgan fingerprint density at radius 3 is 2.41 bits per heavy atom. The first-order valence-electron chi connectivity index (χ1n) is 10.5. The molecule has 2 N–H and O–H groups in total. The van der Waals surface area contributed by atoms with E-state index in [1.807, 2.05) is 0 Å². The van der Waals surface area contributed by atoms with Crippen molar-refractivity contribution in [2.75, 3.05) is 39.8 Å². The van der Waals surface area contributed by atoms with E-state index in [1.54, 1.807) is 11.9 Å². The Kier molecular flexibility index (Phi) is 6.93. The van der Waals surface area contributed by atoms with Gasteiger partial charge in [-0.1, -0.05) is 45.4 Å². The van der Waals surface area contributed by atoms with Gasteiger partial charge in [0.05, 0.1) is 0 Å². The Morgan fingerprint density at radius 2 is 1.70 bits per heavy atom. The number of piperazine rings is 1.